The molecule has 0 fully saturated rings. The fourth-order valence-corrected chi connectivity index (χ4v) is 2.65. The maximum absolute atomic E-state index is 11.8. The molecule has 0 bridgehead atoms. The molecule has 2 rings (SSSR count). The normalized spacial score (nSPS) is 11.1. The van der Waals surface area contributed by atoms with Crippen molar-refractivity contribution < 1.29 is 4.79 Å². The largest absolute Gasteiger partial charge is 0.289 e. The minimum absolute atomic E-state index is 0.132. The highest BCUT2D eigenvalue weighted by atomic mass is 35.5. The number of hydrogen-bond donors (Lipinski definition) is 0. The summed E-state index contributed by atoms with van der Waals surface area (Å²) < 4.78 is 0.346. The van der Waals surface area contributed by atoms with Crippen LogP contribution in [-0.4, -0.2) is 10.8 Å². The molecule has 0 radical (unpaired) electrons. The summed E-state index contributed by atoms with van der Waals surface area (Å²) >= 11 is 18.5. The van der Waals surface area contributed by atoms with Crippen LogP contribution in [0, 0.1) is 0 Å². The van der Waals surface area contributed by atoms with Crippen molar-refractivity contribution in [2.24, 2.45) is 0 Å². The fourth-order valence-electron chi connectivity index (χ4n) is 1.25. The molecule has 1 aromatic carbocycles. The van der Waals surface area contributed by atoms with E-state index in [1.165, 1.54) is 17.4 Å². The molecule has 1 aromatic heterocycles. The number of carbonyl (C=O) groups is 1. The van der Waals surface area contributed by atoms with Crippen molar-refractivity contribution >= 4 is 58.0 Å². The SMILES string of the molecule is O=C(/C=C/c1sc(Cl)nc1Cl)c1ccc(Cl)cc1. The van der Waals surface area contributed by atoms with E-state index >= 15 is 0 Å². The molecule has 0 aliphatic carbocycles. The molecule has 0 unspecified atom stereocenters. The number of ketones is 1. The Kier molecular flexibility index (Phi) is 4.40. The molecular formula is C12H6Cl3NOS. The third kappa shape index (κ3) is 3.33. The van der Waals surface area contributed by atoms with Crippen molar-refractivity contribution in [2.45, 2.75) is 0 Å². The Labute approximate surface area is 123 Å². The van der Waals surface area contributed by atoms with E-state index < -0.39 is 0 Å². The molecule has 0 aliphatic rings. The molecule has 92 valence electrons. The predicted octanol–water partition coefficient (Wildman–Crippen LogP) is 5.00. The van der Waals surface area contributed by atoms with E-state index in [0.717, 1.165) is 0 Å². The van der Waals surface area contributed by atoms with Crippen LogP contribution in [0.1, 0.15) is 15.2 Å². The minimum Gasteiger partial charge on any atom is -0.289 e. The highest BCUT2D eigenvalue weighted by molar-refractivity contribution is 7.17. The number of nitrogens with zero attached hydrogens (tertiary/aromatic N) is 1. The van der Waals surface area contributed by atoms with Gasteiger partial charge in [-0.25, -0.2) is 4.98 Å². The Bertz CT molecular complexity index is 604. The molecule has 18 heavy (non-hydrogen) atoms. The predicted molar refractivity (Wildman–Crippen MR) is 77.0 cm³/mol. The number of hydrogen-bond acceptors (Lipinski definition) is 3. The number of allylic oxidation sites excluding steroid dienone is 1. The summed E-state index contributed by atoms with van der Waals surface area (Å²) in [6.07, 6.45) is 3.03. The van der Waals surface area contributed by atoms with Gasteiger partial charge in [-0.05, 0) is 36.4 Å². The van der Waals surface area contributed by atoms with E-state index in [1.807, 2.05) is 0 Å². The fraction of sp³-hybridized carbons (Fsp3) is 0. The van der Waals surface area contributed by atoms with Gasteiger partial charge in [0.1, 0.15) is 5.15 Å². The first-order chi connectivity index (χ1) is 8.56. The van der Waals surface area contributed by atoms with E-state index in [2.05, 4.69) is 4.98 Å². The maximum Gasteiger partial charge on any atom is 0.185 e. The second-order valence-corrected chi connectivity index (χ2v) is 5.73. The van der Waals surface area contributed by atoms with Gasteiger partial charge in [0.2, 0.25) is 0 Å². The number of thiazole rings is 1. The zero-order valence-corrected chi connectivity index (χ0v) is 11.9. The topological polar surface area (TPSA) is 30.0 Å². The Balaban J connectivity index is 2.16. The summed E-state index contributed by atoms with van der Waals surface area (Å²) in [6.45, 7) is 0. The van der Waals surface area contributed by atoms with Crippen LogP contribution in [0.2, 0.25) is 14.6 Å². The van der Waals surface area contributed by atoms with Crippen LogP contribution in [0.5, 0.6) is 0 Å². The summed E-state index contributed by atoms with van der Waals surface area (Å²) in [5, 5.41) is 0.887. The molecule has 1 heterocycles. The standard InChI is InChI=1S/C12H6Cl3NOS/c13-8-3-1-7(2-4-8)9(17)5-6-10-11(14)16-12(15)18-10/h1-6H/b6-5+. The second-order valence-electron chi connectivity index (χ2n) is 3.33. The van der Waals surface area contributed by atoms with Crippen LogP contribution in [0.4, 0.5) is 0 Å². The van der Waals surface area contributed by atoms with Gasteiger partial charge in [-0.2, -0.15) is 0 Å². The number of halogens is 3. The molecule has 0 N–H and O–H groups in total. The quantitative estimate of drug-likeness (QED) is 0.589. The molecule has 0 saturated heterocycles. The van der Waals surface area contributed by atoms with Gasteiger partial charge >= 0.3 is 0 Å². The molecule has 0 amide bonds. The molecule has 2 aromatic rings. The molecule has 0 saturated carbocycles. The summed E-state index contributed by atoms with van der Waals surface area (Å²) in [4.78, 5) is 16.3. The van der Waals surface area contributed by atoms with Crippen molar-refractivity contribution in [1.82, 2.24) is 4.98 Å². The van der Waals surface area contributed by atoms with Crippen molar-refractivity contribution in [3.8, 4) is 0 Å². The van der Waals surface area contributed by atoms with Crippen molar-refractivity contribution in [3.63, 3.8) is 0 Å². The first kappa shape index (κ1) is 13.6. The minimum atomic E-state index is -0.132. The van der Waals surface area contributed by atoms with Gasteiger partial charge in [0.25, 0.3) is 0 Å². The zero-order valence-electron chi connectivity index (χ0n) is 8.86. The van der Waals surface area contributed by atoms with Gasteiger partial charge in [-0.1, -0.05) is 34.8 Å². The molecule has 2 nitrogen and oxygen atoms in total. The summed E-state index contributed by atoms with van der Waals surface area (Å²) in [6, 6.07) is 6.66. The third-order valence-electron chi connectivity index (χ3n) is 2.10. The molecule has 0 spiro atoms. The molecule has 6 heteroatoms. The summed E-state index contributed by atoms with van der Waals surface area (Å²) in [5.41, 5.74) is 0.558. The van der Waals surface area contributed by atoms with Crippen LogP contribution >= 0.6 is 46.1 Å². The van der Waals surface area contributed by atoms with E-state index in [4.69, 9.17) is 34.8 Å². The van der Waals surface area contributed by atoms with Crippen LogP contribution in [0.15, 0.2) is 30.3 Å². The zero-order chi connectivity index (χ0) is 13.1. The highest BCUT2D eigenvalue weighted by Crippen LogP contribution is 2.27. The van der Waals surface area contributed by atoms with Gasteiger partial charge in [0.05, 0.1) is 4.88 Å². The highest BCUT2D eigenvalue weighted by Gasteiger charge is 2.06. The first-order valence-corrected chi connectivity index (χ1v) is 6.81. The number of benzene rings is 1. The van der Waals surface area contributed by atoms with Crippen molar-refractivity contribution in [2.75, 3.05) is 0 Å². The van der Waals surface area contributed by atoms with Crippen molar-refractivity contribution in [1.29, 1.82) is 0 Å². The van der Waals surface area contributed by atoms with E-state index in [1.54, 1.807) is 30.3 Å². The Morgan fingerprint density at radius 2 is 1.83 bits per heavy atom. The third-order valence-corrected chi connectivity index (χ3v) is 3.88. The summed E-state index contributed by atoms with van der Waals surface area (Å²) in [7, 11) is 0. The van der Waals surface area contributed by atoms with Crippen molar-refractivity contribution in [3.05, 3.63) is 55.4 Å². The lowest BCUT2D eigenvalue weighted by Crippen LogP contribution is -1.92. The first-order valence-electron chi connectivity index (χ1n) is 4.86. The van der Waals surface area contributed by atoms with Gasteiger partial charge in [-0.3, -0.25) is 4.79 Å². The van der Waals surface area contributed by atoms with Gasteiger partial charge in [0.15, 0.2) is 10.3 Å². The lowest BCUT2D eigenvalue weighted by Gasteiger charge is -1.95. The number of aromatic nitrogens is 1. The Hall–Kier alpha value is -0.870. The number of rotatable bonds is 3. The smallest absolute Gasteiger partial charge is 0.185 e. The van der Waals surface area contributed by atoms with E-state index in [-0.39, 0.29) is 5.78 Å². The maximum atomic E-state index is 11.8. The average Bonchev–Trinajstić information content (AvgIpc) is 2.66. The van der Waals surface area contributed by atoms with E-state index in [9.17, 15) is 4.79 Å². The Morgan fingerprint density at radius 1 is 1.17 bits per heavy atom. The van der Waals surface area contributed by atoms with Crippen LogP contribution in [0.25, 0.3) is 6.08 Å². The number of carbonyl (C=O) groups excluding carboxylic acids is 1. The second kappa shape index (κ2) is 5.85. The van der Waals surface area contributed by atoms with E-state index in [0.29, 0.717) is 25.1 Å². The monoisotopic (exact) mass is 317 g/mol. The average molecular weight is 319 g/mol. The van der Waals surface area contributed by atoms with Gasteiger partial charge < -0.3 is 0 Å². The van der Waals surface area contributed by atoms with Crippen LogP contribution in [0.3, 0.4) is 0 Å². The summed E-state index contributed by atoms with van der Waals surface area (Å²) in [5.74, 6) is -0.132. The van der Waals surface area contributed by atoms with Gasteiger partial charge in [0, 0.05) is 10.6 Å². The van der Waals surface area contributed by atoms with Crippen LogP contribution in [-0.2, 0) is 0 Å². The molecule has 0 atom stereocenters. The Morgan fingerprint density at radius 3 is 2.39 bits per heavy atom. The molecular weight excluding hydrogens is 313 g/mol. The van der Waals surface area contributed by atoms with Gasteiger partial charge in [-0.15, -0.1) is 11.3 Å². The lowest BCUT2D eigenvalue weighted by atomic mass is 10.1. The lowest BCUT2D eigenvalue weighted by molar-refractivity contribution is 0.104. The van der Waals surface area contributed by atoms with Crippen LogP contribution < -0.4 is 0 Å². The molecule has 0 aliphatic heterocycles.